The Labute approximate surface area is 135 Å². The van der Waals surface area contributed by atoms with E-state index in [4.69, 9.17) is 0 Å². The number of rotatable bonds is 6. The summed E-state index contributed by atoms with van der Waals surface area (Å²) < 4.78 is 2.01. The van der Waals surface area contributed by atoms with Crippen LogP contribution in [0.2, 0.25) is 0 Å². The molecule has 0 unspecified atom stereocenters. The van der Waals surface area contributed by atoms with Gasteiger partial charge in [-0.25, -0.2) is 0 Å². The van der Waals surface area contributed by atoms with E-state index >= 15 is 0 Å². The molecule has 2 fully saturated rings. The number of nitrogens with one attached hydrogen (secondary N) is 1. The van der Waals surface area contributed by atoms with Crippen molar-refractivity contribution < 1.29 is 0 Å². The molecule has 0 amide bonds. The van der Waals surface area contributed by atoms with Gasteiger partial charge in [0.25, 0.3) is 0 Å². The zero-order valence-electron chi connectivity index (χ0n) is 15.0. The third-order valence-corrected chi connectivity index (χ3v) is 6.28. The van der Waals surface area contributed by atoms with Gasteiger partial charge in [0.15, 0.2) is 0 Å². The maximum atomic E-state index is 4.54. The van der Waals surface area contributed by atoms with Gasteiger partial charge >= 0.3 is 0 Å². The first kappa shape index (κ1) is 16.0. The quantitative estimate of drug-likeness (QED) is 0.867. The Hall–Kier alpha value is -0.830. The van der Waals surface area contributed by atoms with Gasteiger partial charge in [-0.15, -0.1) is 0 Å². The van der Waals surface area contributed by atoms with E-state index in [1.165, 1.54) is 49.1 Å². The minimum atomic E-state index is 0.523. The first-order valence-electron chi connectivity index (χ1n) is 9.19. The lowest BCUT2D eigenvalue weighted by Crippen LogP contribution is -2.37. The molecule has 0 aliphatic heterocycles. The van der Waals surface area contributed by atoms with E-state index in [-0.39, 0.29) is 0 Å². The van der Waals surface area contributed by atoms with E-state index in [1.54, 1.807) is 0 Å². The largest absolute Gasteiger partial charge is 0.311 e. The van der Waals surface area contributed by atoms with Gasteiger partial charge in [-0.1, -0.05) is 6.42 Å². The zero-order valence-corrected chi connectivity index (χ0v) is 15.0. The van der Waals surface area contributed by atoms with E-state index in [0.717, 1.165) is 24.2 Å². The Balaban J connectivity index is 1.49. The minimum absolute atomic E-state index is 0.523. The number of hydrogen-bond acceptors (Lipinski definition) is 2. The fraction of sp³-hybridized carbons (Fsp3) is 0.842. The second kappa shape index (κ2) is 6.35. The van der Waals surface area contributed by atoms with Crippen molar-refractivity contribution in [3.05, 3.63) is 17.0 Å². The molecule has 22 heavy (non-hydrogen) atoms. The summed E-state index contributed by atoms with van der Waals surface area (Å²) in [5.41, 5.74) is 3.93. The molecule has 1 aromatic heterocycles. The monoisotopic (exact) mass is 303 g/mol. The van der Waals surface area contributed by atoms with Crippen LogP contribution < -0.4 is 5.32 Å². The van der Waals surface area contributed by atoms with E-state index in [9.17, 15) is 0 Å². The smallest absolute Gasteiger partial charge is 0.0628 e. The summed E-state index contributed by atoms with van der Waals surface area (Å²) in [5, 5.41) is 8.38. The number of fused-ring (bicyclic) bond motifs is 2. The average Bonchev–Trinajstić information content (AvgIpc) is 3.10. The molecule has 1 aromatic rings. The molecule has 0 saturated heterocycles. The van der Waals surface area contributed by atoms with Crippen molar-refractivity contribution >= 4 is 0 Å². The molecular weight excluding hydrogens is 270 g/mol. The number of aryl methyl sites for hydroxylation is 2. The van der Waals surface area contributed by atoms with E-state index < -0.39 is 0 Å². The molecule has 2 saturated carbocycles. The van der Waals surface area contributed by atoms with Crippen molar-refractivity contribution in [3.63, 3.8) is 0 Å². The van der Waals surface area contributed by atoms with Crippen LogP contribution in [0.4, 0.5) is 0 Å². The van der Waals surface area contributed by atoms with Gasteiger partial charge in [0.1, 0.15) is 0 Å². The highest BCUT2D eigenvalue weighted by Crippen LogP contribution is 2.49. The van der Waals surface area contributed by atoms with Crippen molar-refractivity contribution in [1.82, 2.24) is 15.1 Å². The van der Waals surface area contributed by atoms with Crippen LogP contribution in [0, 0.1) is 31.6 Å². The standard InChI is InChI=1S/C19H33N3/c1-12(8-18-11-16-6-7-17(18)10-16)20-13(2)9-19-14(3)21-22(5)15(19)4/h12-13,16-18,20H,6-11H2,1-5H3/t12-,13+,16+,17+,18-/m1/s1. The molecule has 5 atom stereocenters. The summed E-state index contributed by atoms with van der Waals surface area (Å²) >= 11 is 0. The third-order valence-electron chi connectivity index (χ3n) is 6.28. The van der Waals surface area contributed by atoms with Gasteiger partial charge in [-0.3, -0.25) is 4.68 Å². The lowest BCUT2D eigenvalue weighted by Gasteiger charge is -2.27. The lowest BCUT2D eigenvalue weighted by molar-refractivity contribution is 0.276. The van der Waals surface area contributed by atoms with Crippen molar-refractivity contribution in [3.8, 4) is 0 Å². The second-order valence-electron chi connectivity index (χ2n) is 8.12. The van der Waals surface area contributed by atoms with Gasteiger partial charge in [0.05, 0.1) is 5.69 Å². The summed E-state index contributed by atoms with van der Waals surface area (Å²) in [7, 11) is 2.04. The summed E-state index contributed by atoms with van der Waals surface area (Å²) in [6, 6.07) is 1.16. The van der Waals surface area contributed by atoms with Gasteiger partial charge in [-0.2, -0.15) is 5.10 Å². The molecule has 0 spiro atoms. The molecule has 1 N–H and O–H groups in total. The van der Waals surface area contributed by atoms with E-state index in [2.05, 4.69) is 38.1 Å². The predicted octanol–water partition coefficient (Wildman–Crippen LogP) is 3.77. The van der Waals surface area contributed by atoms with E-state index in [0.29, 0.717) is 12.1 Å². The number of aromatic nitrogens is 2. The predicted molar refractivity (Wildman–Crippen MR) is 92.0 cm³/mol. The molecular formula is C19H33N3. The average molecular weight is 303 g/mol. The van der Waals surface area contributed by atoms with Crippen LogP contribution in [-0.2, 0) is 13.5 Å². The second-order valence-corrected chi connectivity index (χ2v) is 8.12. The van der Waals surface area contributed by atoms with Crippen molar-refractivity contribution in [2.24, 2.45) is 24.8 Å². The fourth-order valence-corrected chi connectivity index (χ4v) is 5.15. The highest BCUT2D eigenvalue weighted by molar-refractivity contribution is 5.25. The SMILES string of the molecule is Cc1nn(C)c(C)c1C[C@H](C)N[C@H](C)C[C@@H]1C[C@H]2CC[C@H]1C2. The normalized spacial score (nSPS) is 30.0. The molecule has 0 aromatic carbocycles. The lowest BCUT2D eigenvalue weighted by atomic mass is 9.84. The highest BCUT2D eigenvalue weighted by atomic mass is 15.3. The van der Waals surface area contributed by atoms with Crippen molar-refractivity contribution in [2.45, 2.75) is 78.3 Å². The van der Waals surface area contributed by atoms with Crippen LogP contribution in [0.25, 0.3) is 0 Å². The summed E-state index contributed by atoms with van der Waals surface area (Å²) in [6.07, 6.45) is 8.51. The summed E-state index contributed by atoms with van der Waals surface area (Å²) in [6.45, 7) is 9.02. The minimum Gasteiger partial charge on any atom is -0.311 e. The van der Waals surface area contributed by atoms with Gasteiger partial charge < -0.3 is 5.32 Å². The van der Waals surface area contributed by atoms with Crippen LogP contribution >= 0.6 is 0 Å². The molecule has 2 bridgehead atoms. The molecule has 0 radical (unpaired) electrons. The Morgan fingerprint density at radius 2 is 1.95 bits per heavy atom. The van der Waals surface area contributed by atoms with E-state index in [1.807, 2.05) is 11.7 Å². The van der Waals surface area contributed by atoms with Crippen LogP contribution in [-0.4, -0.2) is 21.9 Å². The van der Waals surface area contributed by atoms with Crippen LogP contribution in [0.5, 0.6) is 0 Å². The molecule has 3 nitrogen and oxygen atoms in total. The van der Waals surface area contributed by atoms with Crippen LogP contribution in [0.1, 0.15) is 62.9 Å². The number of nitrogens with zero attached hydrogens (tertiary/aromatic N) is 2. The van der Waals surface area contributed by atoms with Gasteiger partial charge in [0.2, 0.25) is 0 Å². The Kier molecular flexibility index (Phi) is 4.63. The fourth-order valence-electron chi connectivity index (χ4n) is 5.15. The summed E-state index contributed by atoms with van der Waals surface area (Å²) in [4.78, 5) is 0. The Morgan fingerprint density at radius 3 is 2.50 bits per heavy atom. The Bertz CT molecular complexity index is 519. The van der Waals surface area contributed by atoms with Crippen molar-refractivity contribution in [1.29, 1.82) is 0 Å². The molecule has 124 valence electrons. The maximum Gasteiger partial charge on any atom is 0.0628 e. The third kappa shape index (κ3) is 3.24. The zero-order chi connectivity index (χ0) is 15.9. The first-order chi connectivity index (χ1) is 10.4. The van der Waals surface area contributed by atoms with Crippen LogP contribution in [0.3, 0.4) is 0 Å². The molecule has 2 aliphatic carbocycles. The molecule has 3 heteroatoms. The summed E-state index contributed by atoms with van der Waals surface area (Å²) in [5.74, 6) is 3.11. The number of hydrogen-bond donors (Lipinski definition) is 1. The first-order valence-corrected chi connectivity index (χ1v) is 9.19. The van der Waals surface area contributed by atoms with Crippen molar-refractivity contribution in [2.75, 3.05) is 0 Å². The molecule has 1 heterocycles. The molecule has 2 aliphatic rings. The molecule has 3 rings (SSSR count). The highest BCUT2D eigenvalue weighted by Gasteiger charge is 2.39. The van der Waals surface area contributed by atoms with Gasteiger partial charge in [0, 0.05) is 24.8 Å². The van der Waals surface area contributed by atoms with Crippen LogP contribution in [0.15, 0.2) is 0 Å². The maximum absolute atomic E-state index is 4.54. The topological polar surface area (TPSA) is 29.9 Å². The van der Waals surface area contributed by atoms with Gasteiger partial charge in [-0.05, 0) is 83.1 Å². The Morgan fingerprint density at radius 1 is 1.18 bits per heavy atom.